The van der Waals surface area contributed by atoms with Crippen LogP contribution in [0, 0.1) is 0 Å². The standard InChI is InChI=1S/C12H19NO/c1-10(2)13-12(14)9-8-11-6-4-3-5-7-11/h3-7,10,12-14H,8-9H2,1-2H3. The maximum Gasteiger partial charge on any atom is 0.105 e. The van der Waals surface area contributed by atoms with Crippen molar-refractivity contribution >= 4 is 0 Å². The largest absolute Gasteiger partial charge is 0.379 e. The molecule has 1 rings (SSSR count). The van der Waals surface area contributed by atoms with Gasteiger partial charge < -0.3 is 5.11 Å². The lowest BCUT2D eigenvalue weighted by Gasteiger charge is -2.15. The Balaban J connectivity index is 2.27. The van der Waals surface area contributed by atoms with Crippen molar-refractivity contribution in [1.82, 2.24) is 5.32 Å². The predicted molar refractivity (Wildman–Crippen MR) is 59.0 cm³/mol. The minimum Gasteiger partial charge on any atom is -0.379 e. The van der Waals surface area contributed by atoms with Crippen molar-refractivity contribution in [2.75, 3.05) is 0 Å². The van der Waals surface area contributed by atoms with E-state index < -0.39 is 6.23 Å². The highest BCUT2D eigenvalue weighted by atomic mass is 16.3. The molecule has 0 radical (unpaired) electrons. The fourth-order valence-electron chi connectivity index (χ4n) is 1.42. The summed E-state index contributed by atoms with van der Waals surface area (Å²) in [7, 11) is 0. The summed E-state index contributed by atoms with van der Waals surface area (Å²) in [5.41, 5.74) is 1.28. The summed E-state index contributed by atoms with van der Waals surface area (Å²) in [5.74, 6) is 0. The van der Waals surface area contributed by atoms with Gasteiger partial charge in [-0.15, -0.1) is 0 Å². The van der Waals surface area contributed by atoms with Crippen LogP contribution in [0.15, 0.2) is 30.3 Å². The first-order valence-electron chi connectivity index (χ1n) is 5.16. The highest BCUT2D eigenvalue weighted by Crippen LogP contribution is 2.03. The molecule has 14 heavy (non-hydrogen) atoms. The van der Waals surface area contributed by atoms with Crippen molar-refractivity contribution in [2.24, 2.45) is 0 Å². The molecule has 1 aromatic carbocycles. The lowest BCUT2D eigenvalue weighted by atomic mass is 10.1. The van der Waals surface area contributed by atoms with Gasteiger partial charge in [-0.3, -0.25) is 5.32 Å². The van der Waals surface area contributed by atoms with Crippen molar-refractivity contribution in [3.8, 4) is 0 Å². The van der Waals surface area contributed by atoms with Gasteiger partial charge in [0.05, 0.1) is 0 Å². The molecular formula is C12H19NO. The highest BCUT2D eigenvalue weighted by Gasteiger charge is 2.04. The molecule has 1 unspecified atom stereocenters. The Morgan fingerprint density at radius 3 is 2.43 bits per heavy atom. The summed E-state index contributed by atoms with van der Waals surface area (Å²) in [5, 5.41) is 12.6. The molecule has 0 amide bonds. The summed E-state index contributed by atoms with van der Waals surface area (Å²) >= 11 is 0. The number of aryl methyl sites for hydroxylation is 1. The Morgan fingerprint density at radius 1 is 1.21 bits per heavy atom. The molecule has 0 spiro atoms. The number of benzene rings is 1. The van der Waals surface area contributed by atoms with Crippen LogP contribution in [0.4, 0.5) is 0 Å². The molecule has 0 aliphatic heterocycles. The maximum absolute atomic E-state index is 9.57. The Kier molecular flexibility index (Phi) is 4.63. The molecule has 1 aromatic rings. The van der Waals surface area contributed by atoms with Gasteiger partial charge >= 0.3 is 0 Å². The van der Waals surface area contributed by atoms with Gasteiger partial charge in [0.25, 0.3) is 0 Å². The van der Waals surface area contributed by atoms with Gasteiger partial charge in [0.15, 0.2) is 0 Å². The number of aliphatic hydroxyl groups is 1. The first kappa shape index (κ1) is 11.2. The molecule has 0 bridgehead atoms. The van der Waals surface area contributed by atoms with Crippen LogP contribution in [0.5, 0.6) is 0 Å². The van der Waals surface area contributed by atoms with Crippen LogP contribution in [0.3, 0.4) is 0 Å². The second-order valence-electron chi connectivity index (χ2n) is 3.86. The van der Waals surface area contributed by atoms with Crippen molar-refractivity contribution in [3.63, 3.8) is 0 Å². The van der Waals surface area contributed by atoms with E-state index in [1.165, 1.54) is 5.56 Å². The molecule has 0 heterocycles. The summed E-state index contributed by atoms with van der Waals surface area (Å²) in [6.07, 6.45) is 1.29. The SMILES string of the molecule is CC(C)NC(O)CCc1ccccc1. The number of aliphatic hydroxyl groups excluding tert-OH is 1. The van der Waals surface area contributed by atoms with Crippen LogP contribution in [0.1, 0.15) is 25.8 Å². The van der Waals surface area contributed by atoms with E-state index in [2.05, 4.69) is 17.4 Å². The lowest BCUT2D eigenvalue weighted by molar-refractivity contribution is 0.118. The molecule has 2 heteroatoms. The Labute approximate surface area is 86.0 Å². The zero-order chi connectivity index (χ0) is 10.4. The molecule has 0 aromatic heterocycles. The molecule has 0 fully saturated rings. The molecule has 1 atom stereocenters. The third kappa shape index (κ3) is 4.40. The van der Waals surface area contributed by atoms with Gasteiger partial charge in [-0.05, 0) is 32.3 Å². The van der Waals surface area contributed by atoms with E-state index in [1.807, 2.05) is 32.0 Å². The topological polar surface area (TPSA) is 32.3 Å². The first-order valence-corrected chi connectivity index (χ1v) is 5.16. The molecule has 2 nitrogen and oxygen atoms in total. The molecule has 2 N–H and O–H groups in total. The van der Waals surface area contributed by atoms with Crippen LogP contribution >= 0.6 is 0 Å². The minimum absolute atomic E-state index is 0.334. The van der Waals surface area contributed by atoms with E-state index in [9.17, 15) is 5.11 Å². The van der Waals surface area contributed by atoms with Crippen LogP contribution < -0.4 is 5.32 Å². The molecule has 0 saturated heterocycles. The monoisotopic (exact) mass is 193 g/mol. The second-order valence-corrected chi connectivity index (χ2v) is 3.86. The number of rotatable bonds is 5. The fourth-order valence-corrected chi connectivity index (χ4v) is 1.42. The fraction of sp³-hybridized carbons (Fsp3) is 0.500. The normalized spacial score (nSPS) is 13.1. The summed E-state index contributed by atoms with van der Waals surface area (Å²) < 4.78 is 0. The molecule has 0 aliphatic carbocycles. The van der Waals surface area contributed by atoms with Gasteiger partial charge in [-0.1, -0.05) is 30.3 Å². The average molecular weight is 193 g/mol. The van der Waals surface area contributed by atoms with Crippen LogP contribution in [-0.2, 0) is 6.42 Å². The van der Waals surface area contributed by atoms with Crippen LogP contribution in [-0.4, -0.2) is 17.4 Å². The average Bonchev–Trinajstić information content (AvgIpc) is 2.15. The van der Waals surface area contributed by atoms with E-state index in [4.69, 9.17) is 0 Å². The van der Waals surface area contributed by atoms with Gasteiger partial charge in [-0.25, -0.2) is 0 Å². The van der Waals surface area contributed by atoms with Crippen molar-refractivity contribution in [1.29, 1.82) is 0 Å². The van der Waals surface area contributed by atoms with E-state index in [0.29, 0.717) is 6.04 Å². The minimum atomic E-state index is -0.393. The van der Waals surface area contributed by atoms with Gasteiger partial charge in [-0.2, -0.15) is 0 Å². The zero-order valence-corrected chi connectivity index (χ0v) is 8.90. The molecule has 0 saturated carbocycles. The van der Waals surface area contributed by atoms with Crippen molar-refractivity contribution in [3.05, 3.63) is 35.9 Å². The Hall–Kier alpha value is -0.860. The van der Waals surface area contributed by atoms with Crippen molar-refractivity contribution in [2.45, 2.75) is 39.0 Å². The zero-order valence-electron chi connectivity index (χ0n) is 8.90. The summed E-state index contributed by atoms with van der Waals surface area (Å²) in [6.45, 7) is 4.07. The van der Waals surface area contributed by atoms with Gasteiger partial charge in [0, 0.05) is 6.04 Å². The first-order chi connectivity index (χ1) is 6.68. The van der Waals surface area contributed by atoms with E-state index in [1.54, 1.807) is 0 Å². The second kappa shape index (κ2) is 5.78. The molecule has 0 aliphatic rings. The molecular weight excluding hydrogens is 174 g/mol. The number of hydrogen-bond donors (Lipinski definition) is 2. The van der Waals surface area contributed by atoms with E-state index in [0.717, 1.165) is 12.8 Å². The number of nitrogens with one attached hydrogen (secondary N) is 1. The van der Waals surface area contributed by atoms with Gasteiger partial charge in [0.1, 0.15) is 6.23 Å². The summed E-state index contributed by atoms with van der Waals surface area (Å²) in [6, 6.07) is 10.6. The van der Waals surface area contributed by atoms with E-state index >= 15 is 0 Å². The summed E-state index contributed by atoms with van der Waals surface area (Å²) in [4.78, 5) is 0. The Bertz CT molecular complexity index is 246. The highest BCUT2D eigenvalue weighted by molar-refractivity contribution is 5.14. The lowest BCUT2D eigenvalue weighted by Crippen LogP contribution is -2.34. The predicted octanol–water partition coefficient (Wildman–Crippen LogP) is 1.94. The third-order valence-corrected chi connectivity index (χ3v) is 2.07. The number of hydrogen-bond acceptors (Lipinski definition) is 2. The Morgan fingerprint density at radius 2 is 1.86 bits per heavy atom. The third-order valence-electron chi connectivity index (χ3n) is 2.07. The van der Waals surface area contributed by atoms with E-state index in [-0.39, 0.29) is 0 Å². The van der Waals surface area contributed by atoms with Gasteiger partial charge in [0.2, 0.25) is 0 Å². The quantitative estimate of drug-likeness (QED) is 0.700. The maximum atomic E-state index is 9.57. The van der Waals surface area contributed by atoms with Crippen LogP contribution in [0.25, 0.3) is 0 Å². The molecule has 78 valence electrons. The van der Waals surface area contributed by atoms with Crippen molar-refractivity contribution < 1.29 is 5.11 Å². The smallest absolute Gasteiger partial charge is 0.105 e. The van der Waals surface area contributed by atoms with Crippen LogP contribution in [0.2, 0.25) is 0 Å².